The summed E-state index contributed by atoms with van der Waals surface area (Å²) in [5.74, 6) is -2.55. The second-order valence-corrected chi connectivity index (χ2v) is 5.59. The monoisotopic (exact) mass is 452 g/mol. The number of aliphatic hydroxyl groups excluding tert-OH is 6. The molecule has 30 heavy (non-hydrogen) atoms. The Bertz CT molecular complexity index is 300. The van der Waals surface area contributed by atoms with Crippen LogP contribution < -0.4 is 0 Å². The fraction of sp³-hybridized carbons (Fsp3) is 1.00. The summed E-state index contributed by atoms with van der Waals surface area (Å²) in [6.07, 6.45) is -0.565. The second-order valence-electron chi connectivity index (χ2n) is 5.59. The average molecular weight is 453 g/mol. The van der Waals surface area contributed by atoms with Gasteiger partial charge in [0.1, 0.15) is 6.10 Å². The van der Waals surface area contributed by atoms with Crippen molar-refractivity contribution in [3.8, 4) is 0 Å². The molecule has 0 saturated heterocycles. The molecule has 6 N–H and O–H groups in total. The minimum absolute atomic E-state index is 0. The summed E-state index contributed by atoms with van der Waals surface area (Å²) in [6, 6.07) is 0. The van der Waals surface area contributed by atoms with Gasteiger partial charge in [0, 0.05) is 13.7 Å². The first kappa shape index (κ1) is 43.5. The zero-order valence-corrected chi connectivity index (χ0v) is 16.1. The molecule has 0 aliphatic rings. The van der Waals surface area contributed by atoms with E-state index in [9.17, 15) is 0 Å². The number of methoxy groups -OCH3 is 1. The van der Waals surface area contributed by atoms with E-state index >= 15 is 0 Å². The zero-order valence-electron chi connectivity index (χ0n) is 16.1. The fourth-order valence-corrected chi connectivity index (χ4v) is 1.76. The van der Waals surface area contributed by atoms with E-state index in [-0.39, 0.29) is 56.1 Å². The molecular formula is C20H52O10. The lowest BCUT2D eigenvalue weighted by Crippen LogP contribution is -2.46. The molecule has 0 bridgehead atoms. The Labute approximate surface area is 184 Å². The standard InChI is InChI=1S/2C8H18O5.4CH4/c1-3-12-8(2,6-11)13-7(4-9)5-10;1-3-7(4-9)13-8(5-10,6-11)12-2;;;;/h2*7,9-11H,3-6H2,1-2H3;4*1H4. The average Bonchev–Trinajstić information content (AvgIpc) is 2.68. The molecule has 0 spiro atoms. The minimum Gasteiger partial charge on any atom is -0.394 e. The highest BCUT2D eigenvalue weighted by molar-refractivity contribution is 4.69. The maximum Gasteiger partial charge on any atom is 0.215 e. The van der Waals surface area contributed by atoms with Gasteiger partial charge in [0.2, 0.25) is 5.79 Å². The molecule has 0 aromatic carbocycles. The minimum atomic E-state index is -1.40. The van der Waals surface area contributed by atoms with E-state index in [0.717, 1.165) is 0 Å². The molecule has 2 unspecified atom stereocenters. The van der Waals surface area contributed by atoms with Crippen molar-refractivity contribution < 1.29 is 49.6 Å². The molecule has 10 heteroatoms. The lowest BCUT2D eigenvalue weighted by molar-refractivity contribution is -0.282. The second kappa shape index (κ2) is 24.9. The van der Waals surface area contributed by atoms with Gasteiger partial charge in [-0.2, -0.15) is 0 Å². The SMILES string of the molecule is C.C.C.C.CCC(CO)OC(CO)(CO)OC.CCOC(C)(CO)OC(CO)CO. The molecule has 0 aromatic rings. The Kier molecular flexibility index (Phi) is 36.0. The van der Waals surface area contributed by atoms with Gasteiger partial charge in [-0.1, -0.05) is 36.6 Å². The van der Waals surface area contributed by atoms with Crippen molar-refractivity contribution in [2.45, 2.75) is 80.7 Å². The molecule has 0 radical (unpaired) electrons. The molecule has 192 valence electrons. The van der Waals surface area contributed by atoms with Gasteiger partial charge in [-0.3, -0.25) is 0 Å². The van der Waals surface area contributed by atoms with Crippen molar-refractivity contribution >= 4 is 0 Å². The van der Waals surface area contributed by atoms with Crippen LogP contribution in [0, 0.1) is 0 Å². The van der Waals surface area contributed by atoms with E-state index in [2.05, 4.69) is 0 Å². The Hall–Kier alpha value is -0.400. The highest BCUT2D eigenvalue weighted by atomic mass is 16.7. The van der Waals surface area contributed by atoms with Crippen molar-refractivity contribution in [2.75, 3.05) is 53.4 Å². The van der Waals surface area contributed by atoms with Gasteiger partial charge >= 0.3 is 0 Å². The maximum atomic E-state index is 8.94. The third-order valence-electron chi connectivity index (χ3n) is 3.45. The van der Waals surface area contributed by atoms with Crippen molar-refractivity contribution in [2.24, 2.45) is 0 Å². The van der Waals surface area contributed by atoms with Crippen LogP contribution in [0.5, 0.6) is 0 Å². The topological polar surface area (TPSA) is 158 Å². The molecule has 10 nitrogen and oxygen atoms in total. The number of rotatable bonds is 14. The number of hydrogen-bond donors (Lipinski definition) is 6. The van der Waals surface area contributed by atoms with Crippen LogP contribution in [-0.2, 0) is 18.9 Å². The van der Waals surface area contributed by atoms with Crippen LogP contribution >= 0.6 is 0 Å². The summed E-state index contributed by atoms with van der Waals surface area (Å²) in [4.78, 5) is 0. The van der Waals surface area contributed by atoms with Gasteiger partial charge < -0.3 is 49.6 Å². The van der Waals surface area contributed by atoms with Gasteiger partial charge in [-0.25, -0.2) is 0 Å². The van der Waals surface area contributed by atoms with E-state index in [1.165, 1.54) is 7.11 Å². The van der Waals surface area contributed by atoms with Crippen LogP contribution in [0.15, 0.2) is 0 Å². The normalized spacial score (nSPS) is 13.3. The van der Waals surface area contributed by atoms with Gasteiger partial charge in [-0.15, -0.1) is 0 Å². The van der Waals surface area contributed by atoms with Gasteiger partial charge in [0.15, 0.2) is 5.79 Å². The van der Waals surface area contributed by atoms with Crippen molar-refractivity contribution in [1.82, 2.24) is 0 Å². The molecule has 0 fully saturated rings. The number of ether oxygens (including phenoxy) is 4. The van der Waals surface area contributed by atoms with Crippen LogP contribution in [0.3, 0.4) is 0 Å². The molecule has 0 saturated carbocycles. The fourth-order valence-electron chi connectivity index (χ4n) is 1.76. The van der Waals surface area contributed by atoms with Gasteiger partial charge in [-0.05, 0) is 20.3 Å². The number of aliphatic hydroxyl groups is 6. The Morgan fingerprint density at radius 3 is 1.37 bits per heavy atom. The smallest absolute Gasteiger partial charge is 0.215 e. The van der Waals surface area contributed by atoms with Gasteiger partial charge in [0.05, 0.1) is 45.7 Å². The number of hydrogen-bond acceptors (Lipinski definition) is 10. The first-order valence-corrected chi connectivity index (χ1v) is 8.49. The summed E-state index contributed by atoms with van der Waals surface area (Å²) in [7, 11) is 1.33. The molecule has 0 aliphatic heterocycles. The molecular weight excluding hydrogens is 400 g/mol. The van der Waals surface area contributed by atoms with Crippen molar-refractivity contribution in [3.63, 3.8) is 0 Å². The van der Waals surface area contributed by atoms with E-state index in [0.29, 0.717) is 13.0 Å². The van der Waals surface area contributed by atoms with Crippen LogP contribution in [0.4, 0.5) is 0 Å². The third kappa shape index (κ3) is 17.3. The van der Waals surface area contributed by atoms with Crippen LogP contribution in [0.2, 0.25) is 0 Å². The molecule has 0 amide bonds. The molecule has 0 rings (SSSR count). The molecule has 0 aromatic heterocycles. The summed E-state index contributed by atoms with van der Waals surface area (Å²) in [5.41, 5.74) is 0. The van der Waals surface area contributed by atoms with Crippen molar-refractivity contribution in [3.05, 3.63) is 0 Å². The van der Waals surface area contributed by atoms with Crippen molar-refractivity contribution in [1.29, 1.82) is 0 Å². The zero-order chi connectivity index (χ0) is 20.6. The van der Waals surface area contributed by atoms with E-state index in [1.54, 1.807) is 13.8 Å². The largest absolute Gasteiger partial charge is 0.394 e. The lowest BCUT2D eigenvalue weighted by atomic mass is 10.2. The predicted octanol–water partition coefficient (Wildman–Crippen LogP) is 0.747. The Balaban J connectivity index is -0.0000000847. The summed E-state index contributed by atoms with van der Waals surface area (Å²) in [6.45, 7) is 3.54. The Morgan fingerprint density at radius 1 is 0.700 bits per heavy atom. The quantitative estimate of drug-likeness (QED) is 0.208. The van der Waals surface area contributed by atoms with Gasteiger partial charge in [0.25, 0.3) is 0 Å². The Morgan fingerprint density at radius 2 is 1.13 bits per heavy atom. The lowest BCUT2D eigenvalue weighted by Gasteiger charge is -2.31. The first-order valence-electron chi connectivity index (χ1n) is 8.49. The van der Waals surface area contributed by atoms with Crippen LogP contribution in [0.1, 0.15) is 56.9 Å². The predicted molar refractivity (Wildman–Crippen MR) is 119 cm³/mol. The summed E-state index contributed by atoms with van der Waals surface area (Å²) < 4.78 is 20.3. The molecule has 0 aliphatic carbocycles. The molecule has 0 heterocycles. The molecule has 2 atom stereocenters. The van der Waals surface area contributed by atoms with Crippen LogP contribution in [-0.4, -0.2) is 108 Å². The third-order valence-corrected chi connectivity index (χ3v) is 3.45. The van der Waals surface area contributed by atoms with Crippen LogP contribution in [0.25, 0.3) is 0 Å². The highest BCUT2D eigenvalue weighted by Crippen LogP contribution is 2.15. The maximum absolute atomic E-state index is 8.94. The summed E-state index contributed by atoms with van der Waals surface area (Å²) >= 11 is 0. The van der Waals surface area contributed by atoms with E-state index in [1.807, 2.05) is 6.92 Å². The van der Waals surface area contributed by atoms with E-state index in [4.69, 9.17) is 49.6 Å². The first-order chi connectivity index (χ1) is 12.3. The highest BCUT2D eigenvalue weighted by Gasteiger charge is 2.32. The van der Waals surface area contributed by atoms with E-state index < -0.39 is 37.0 Å². The summed E-state index contributed by atoms with van der Waals surface area (Å²) in [5, 5.41) is 53.1.